The molecule has 8 heteroatoms. The van der Waals surface area contributed by atoms with Crippen LogP contribution in [0.5, 0.6) is 0 Å². The summed E-state index contributed by atoms with van der Waals surface area (Å²) >= 11 is 5.39. The first-order valence-corrected chi connectivity index (χ1v) is 9.02. The lowest BCUT2D eigenvalue weighted by Gasteiger charge is -2.11. The van der Waals surface area contributed by atoms with Crippen molar-refractivity contribution in [2.45, 2.75) is 32.2 Å². The van der Waals surface area contributed by atoms with Gasteiger partial charge in [-0.2, -0.15) is 5.10 Å². The first-order chi connectivity index (χ1) is 9.43. The van der Waals surface area contributed by atoms with Crippen molar-refractivity contribution in [3.63, 3.8) is 0 Å². The van der Waals surface area contributed by atoms with Crippen LogP contribution in [-0.4, -0.2) is 39.3 Å². The molecule has 0 aromatic carbocycles. The Hall–Kier alpha value is -1.15. The van der Waals surface area contributed by atoms with Gasteiger partial charge >= 0.3 is 0 Å². The fourth-order valence-electron chi connectivity index (χ4n) is 2.97. The fourth-order valence-corrected chi connectivity index (χ4v) is 5.00. The van der Waals surface area contributed by atoms with E-state index in [4.69, 9.17) is 12.2 Å². The summed E-state index contributed by atoms with van der Waals surface area (Å²) in [6.07, 6.45) is 2.52. The number of nitrogens with one attached hydrogen (secondary N) is 1. The molecule has 3 heterocycles. The molecule has 110 valence electrons. The van der Waals surface area contributed by atoms with E-state index in [9.17, 15) is 8.42 Å². The van der Waals surface area contributed by atoms with Crippen LogP contribution >= 0.6 is 12.2 Å². The Balaban J connectivity index is 2.17. The van der Waals surface area contributed by atoms with Crippen molar-refractivity contribution in [1.29, 1.82) is 0 Å². The van der Waals surface area contributed by atoms with Crippen molar-refractivity contribution in [3.05, 3.63) is 10.5 Å². The van der Waals surface area contributed by atoms with Crippen LogP contribution in [-0.2, 0) is 23.3 Å². The molecule has 0 radical (unpaired) electrons. The number of hydrogen-bond acceptors (Lipinski definition) is 4. The summed E-state index contributed by atoms with van der Waals surface area (Å²) in [5, 5.41) is 4.52. The van der Waals surface area contributed by atoms with E-state index in [-0.39, 0.29) is 17.5 Å². The SMILES string of the molecule is CCCc1nn(C)c2c1[nH]c(=S)n2C1CCS(=O)(=O)C1. The number of aromatic nitrogens is 4. The van der Waals surface area contributed by atoms with Crippen LogP contribution in [0.25, 0.3) is 11.2 Å². The van der Waals surface area contributed by atoms with Gasteiger partial charge in [0.2, 0.25) is 0 Å². The van der Waals surface area contributed by atoms with E-state index in [1.807, 2.05) is 11.6 Å². The molecule has 2 aromatic heterocycles. The van der Waals surface area contributed by atoms with Crippen LogP contribution in [0.1, 0.15) is 31.5 Å². The molecule has 1 aliphatic rings. The minimum Gasteiger partial charge on any atom is -0.328 e. The number of nitrogens with zero attached hydrogens (tertiary/aromatic N) is 3. The zero-order chi connectivity index (χ0) is 14.5. The monoisotopic (exact) mass is 314 g/mol. The zero-order valence-corrected chi connectivity index (χ0v) is 13.2. The Bertz CT molecular complexity index is 812. The molecule has 0 bridgehead atoms. The Morgan fingerprint density at radius 1 is 1.50 bits per heavy atom. The van der Waals surface area contributed by atoms with E-state index in [0.29, 0.717) is 11.2 Å². The molecule has 0 amide bonds. The summed E-state index contributed by atoms with van der Waals surface area (Å²) in [5.74, 6) is 0.411. The second-order valence-electron chi connectivity index (χ2n) is 5.38. The molecule has 1 aliphatic heterocycles. The molecule has 0 aliphatic carbocycles. The topological polar surface area (TPSA) is 72.7 Å². The van der Waals surface area contributed by atoms with Crippen molar-refractivity contribution < 1.29 is 8.42 Å². The van der Waals surface area contributed by atoms with Crippen molar-refractivity contribution >= 4 is 33.2 Å². The number of H-pyrrole nitrogens is 1. The number of hydrogen-bond donors (Lipinski definition) is 1. The Morgan fingerprint density at radius 2 is 2.25 bits per heavy atom. The molecule has 1 saturated heterocycles. The number of rotatable bonds is 3. The molecule has 6 nitrogen and oxygen atoms in total. The number of sulfone groups is 1. The zero-order valence-electron chi connectivity index (χ0n) is 11.6. The van der Waals surface area contributed by atoms with Crippen molar-refractivity contribution in [3.8, 4) is 0 Å². The van der Waals surface area contributed by atoms with E-state index < -0.39 is 9.84 Å². The highest BCUT2D eigenvalue weighted by molar-refractivity contribution is 7.91. The van der Waals surface area contributed by atoms with E-state index in [2.05, 4.69) is 17.0 Å². The van der Waals surface area contributed by atoms with E-state index in [1.54, 1.807) is 4.68 Å². The number of imidazole rings is 1. The molecular formula is C12H18N4O2S2. The third-order valence-corrected chi connectivity index (χ3v) is 5.88. The Kier molecular flexibility index (Phi) is 3.24. The largest absolute Gasteiger partial charge is 0.328 e. The molecule has 20 heavy (non-hydrogen) atoms. The molecule has 1 unspecified atom stereocenters. The van der Waals surface area contributed by atoms with Crippen LogP contribution < -0.4 is 0 Å². The summed E-state index contributed by atoms with van der Waals surface area (Å²) in [6, 6.07) is -0.0777. The minimum atomic E-state index is -2.93. The van der Waals surface area contributed by atoms with Gasteiger partial charge in [0.1, 0.15) is 5.52 Å². The molecule has 1 fully saturated rings. The lowest BCUT2D eigenvalue weighted by molar-refractivity contribution is 0.548. The van der Waals surface area contributed by atoms with E-state index >= 15 is 0 Å². The van der Waals surface area contributed by atoms with Gasteiger partial charge < -0.3 is 4.98 Å². The van der Waals surface area contributed by atoms with Gasteiger partial charge in [0.25, 0.3) is 0 Å². The van der Waals surface area contributed by atoms with Crippen LogP contribution in [0.4, 0.5) is 0 Å². The third kappa shape index (κ3) is 2.10. The predicted molar refractivity (Wildman–Crippen MR) is 80.2 cm³/mol. The second-order valence-corrected chi connectivity index (χ2v) is 7.99. The number of aromatic amines is 1. The standard InChI is InChI=1S/C12H18N4O2S2/c1-3-4-9-10-11(15(2)14-9)16(12(19)13-10)8-5-6-20(17,18)7-8/h8H,3-7H2,1-2H3,(H,13,19). The first-order valence-electron chi connectivity index (χ1n) is 6.79. The summed E-state index contributed by atoms with van der Waals surface area (Å²) in [6.45, 7) is 2.11. The second kappa shape index (κ2) is 4.70. The van der Waals surface area contributed by atoms with Crippen molar-refractivity contribution in [2.24, 2.45) is 7.05 Å². The van der Waals surface area contributed by atoms with Gasteiger partial charge in [-0.25, -0.2) is 8.42 Å². The van der Waals surface area contributed by atoms with Gasteiger partial charge in [-0.05, 0) is 25.1 Å². The molecule has 0 spiro atoms. The van der Waals surface area contributed by atoms with E-state index in [0.717, 1.165) is 29.7 Å². The van der Waals surface area contributed by atoms with Crippen LogP contribution in [0.3, 0.4) is 0 Å². The lowest BCUT2D eigenvalue weighted by Crippen LogP contribution is -2.13. The normalized spacial score (nSPS) is 21.8. The summed E-state index contributed by atoms with van der Waals surface area (Å²) < 4.78 is 27.7. The van der Waals surface area contributed by atoms with Crippen molar-refractivity contribution in [2.75, 3.05) is 11.5 Å². The molecule has 2 aromatic rings. The minimum absolute atomic E-state index is 0.0777. The van der Waals surface area contributed by atoms with Crippen LogP contribution in [0.2, 0.25) is 0 Å². The molecular weight excluding hydrogens is 296 g/mol. The maximum Gasteiger partial charge on any atom is 0.179 e. The van der Waals surface area contributed by atoms with Gasteiger partial charge in [0.15, 0.2) is 20.3 Å². The summed E-state index contributed by atoms with van der Waals surface area (Å²) in [7, 11) is -1.05. The van der Waals surface area contributed by atoms with Gasteiger partial charge in [0.05, 0.1) is 23.2 Å². The Labute approximate surface area is 122 Å². The Morgan fingerprint density at radius 3 is 2.85 bits per heavy atom. The summed E-state index contributed by atoms with van der Waals surface area (Å²) in [4.78, 5) is 3.21. The highest BCUT2D eigenvalue weighted by Gasteiger charge is 2.31. The molecule has 1 N–H and O–H groups in total. The predicted octanol–water partition coefficient (Wildman–Crippen LogP) is 1.74. The number of aryl methyl sites for hydroxylation is 2. The van der Waals surface area contributed by atoms with E-state index in [1.165, 1.54) is 0 Å². The maximum absolute atomic E-state index is 11.7. The highest BCUT2D eigenvalue weighted by atomic mass is 32.2. The van der Waals surface area contributed by atoms with Gasteiger partial charge in [-0.1, -0.05) is 13.3 Å². The third-order valence-electron chi connectivity index (χ3n) is 3.83. The molecule has 0 saturated carbocycles. The highest BCUT2D eigenvalue weighted by Crippen LogP contribution is 2.29. The molecule has 1 atom stereocenters. The van der Waals surface area contributed by atoms with Crippen LogP contribution in [0, 0.1) is 4.77 Å². The maximum atomic E-state index is 11.7. The molecule has 3 rings (SSSR count). The quantitative estimate of drug-likeness (QED) is 0.876. The van der Waals surface area contributed by atoms with Gasteiger partial charge in [-0.15, -0.1) is 0 Å². The lowest BCUT2D eigenvalue weighted by atomic mass is 10.2. The average molecular weight is 314 g/mol. The summed E-state index contributed by atoms with van der Waals surface area (Å²) in [5.41, 5.74) is 2.85. The van der Waals surface area contributed by atoms with Gasteiger partial charge in [-0.3, -0.25) is 9.25 Å². The fraction of sp³-hybridized carbons (Fsp3) is 0.667. The average Bonchev–Trinajstić information content (AvgIpc) is 2.96. The number of fused-ring (bicyclic) bond motifs is 1. The van der Waals surface area contributed by atoms with Gasteiger partial charge in [0, 0.05) is 7.05 Å². The first kappa shape index (κ1) is 13.8. The van der Waals surface area contributed by atoms with Crippen LogP contribution in [0.15, 0.2) is 0 Å². The smallest absolute Gasteiger partial charge is 0.179 e. The van der Waals surface area contributed by atoms with Crippen molar-refractivity contribution in [1.82, 2.24) is 19.3 Å².